The van der Waals surface area contributed by atoms with Gasteiger partial charge in [0.15, 0.2) is 0 Å². The number of anilines is 1. The van der Waals surface area contributed by atoms with Crippen LogP contribution in [-0.4, -0.2) is 50.2 Å². The predicted molar refractivity (Wildman–Crippen MR) is 92.2 cm³/mol. The summed E-state index contributed by atoms with van der Waals surface area (Å²) < 4.78 is 0. The van der Waals surface area contributed by atoms with Crippen LogP contribution in [0.3, 0.4) is 0 Å². The van der Waals surface area contributed by atoms with Crippen LogP contribution in [0.4, 0.5) is 5.82 Å². The number of nitrogens with zero attached hydrogens (tertiary/aromatic N) is 3. The van der Waals surface area contributed by atoms with E-state index in [9.17, 15) is 0 Å². The summed E-state index contributed by atoms with van der Waals surface area (Å²) in [6.45, 7) is 11.2. The summed E-state index contributed by atoms with van der Waals surface area (Å²) in [7, 11) is 4.19. The fourth-order valence-corrected chi connectivity index (χ4v) is 2.25. The molecule has 0 aromatic carbocycles. The number of pyridine rings is 1. The second-order valence-electron chi connectivity index (χ2n) is 6.02. The van der Waals surface area contributed by atoms with Crippen LogP contribution in [0.15, 0.2) is 12.1 Å². The smallest absolute Gasteiger partial charge is 0.129 e. The summed E-state index contributed by atoms with van der Waals surface area (Å²) in [6.07, 6.45) is 0. The maximum atomic E-state index is 6.24. The number of hydrogen-bond acceptors (Lipinski definition) is 4. The minimum absolute atomic E-state index is 0.599. The molecule has 0 unspecified atom stereocenters. The van der Waals surface area contributed by atoms with Crippen LogP contribution in [0.2, 0.25) is 5.02 Å². The van der Waals surface area contributed by atoms with Crippen molar-refractivity contribution < 1.29 is 0 Å². The maximum Gasteiger partial charge on any atom is 0.129 e. The zero-order valence-corrected chi connectivity index (χ0v) is 14.7. The van der Waals surface area contributed by atoms with E-state index in [1.54, 1.807) is 0 Å². The van der Waals surface area contributed by atoms with E-state index in [-0.39, 0.29) is 0 Å². The molecule has 0 bridgehead atoms. The van der Waals surface area contributed by atoms with Crippen LogP contribution in [0.5, 0.6) is 0 Å². The third kappa shape index (κ3) is 6.64. The monoisotopic (exact) mass is 312 g/mol. The van der Waals surface area contributed by atoms with Gasteiger partial charge in [-0.25, -0.2) is 4.98 Å². The van der Waals surface area contributed by atoms with E-state index in [4.69, 9.17) is 16.6 Å². The zero-order chi connectivity index (χ0) is 15.8. The summed E-state index contributed by atoms with van der Waals surface area (Å²) in [6, 6.07) is 3.98. The molecule has 0 spiro atoms. The van der Waals surface area contributed by atoms with Crippen molar-refractivity contribution >= 4 is 17.4 Å². The predicted octanol–water partition coefficient (Wildman–Crippen LogP) is 2.87. The van der Waals surface area contributed by atoms with Gasteiger partial charge in [-0.2, -0.15) is 0 Å². The van der Waals surface area contributed by atoms with Gasteiger partial charge in [0.05, 0.1) is 10.7 Å². The van der Waals surface area contributed by atoms with E-state index in [0.29, 0.717) is 12.5 Å². The normalized spacial score (nSPS) is 11.4. The molecule has 0 aliphatic heterocycles. The summed E-state index contributed by atoms with van der Waals surface area (Å²) in [5.41, 5.74) is 0.926. The Balaban J connectivity index is 2.89. The van der Waals surface area contributed by atoms with Crippen molar-refractivity contribution in [2.75, 3.05) is 45.2 Å². The molecule has 21 heavy (non-hydrogen) atoms. The second-order valence-corrected chi connectivity index (χ2v) is 6.43. The van der Waals surface area contributed by atoms with Gasteiger partial charge in [0.1, 0.15) is 5.82 Å². The quantitative estimate of drug-likeness (QED) is 0.760. The number of aromatic nitrogens is 1. The van der Waals surface area contributed by atoms with Gasteiger partial charge in [-0.1, -0.05) is 32.4 Å². The first-order chi connectivity index (χ1) is 9.93. The summed E-state index contributed by atoms with van der Waals surface area (Å²) in [5, 5.41) is 4.02. The first-order valence-electron chi connectivity index (χ1n) is 7.69. The largest absolute Gasteiger partial charge is 0.355 e. The van der Waals surface area contributed by atoms with Crippen LogP contribution in [0.25, 0.3) is 0 Å². The van der Waals surface area contributed by atoms with Crippen LogP contribution in [-0.2, 0) is 6.54 Å². The van der Waals surface area contributed by atoms with E-state index in [0.717, 1.165) is 42.7 Å². The van der Waals surface area contributed by atoms with Gasteiger partial charge in [0.2, 0.25) is 0 Å². The molecule has 0 saturated heterocycles. The molecule has 120 valence electrons. The first kappa shape index (κ1) is 18.2. The fraction of sp³-hybridized carbons (Fsp3) is 0.688. The Labute approximate surface area is 134 Å². The van der Waals surface area contributed by atoms with Crippen molar-refractivity contribution in [1.29, 1.82) is 0 Å². The molecule has 0 amide bonds. The summed E-state index contributed by atoms with van der Waals surface area (Å²) in [5.74, 6) is 1.62. The lowest BCUT2D eigenvalue weighted by Gasteiger charge is -2.27. The lowest BCUT2D eigenvalue weighted by molar-refractivity contribution is 0.408. The Bertz CT molecular complexity index is 421. The number of nitrogens with one attached hydrogen (secondary N) is 1. The molecule has 0 aliphatic rings. The van der Waals surface area contributed by atoms with Gasteiger partial charge in [-0.3, -0.25) is 0 Å². The molecule has 4 nitrogen and oxygen atoms in total. The molecule has 0 aliphatic carbocycles. The number of halogens is 1. The maximum absolute atomic E-state index is 6.24. The molecule has 0 atom stereocenters. The molecular formula is C16H29ClN4. The van der Waals surface area contributed by atoms with Crippen molar-refractivity contribution in [3.8, 4) is 0 Å². The number of likely N-dealkylation sites (N-methyl/N-ethyl adjacent to an activating group) is 1. The SMILES string of the molecule is CCNCc1nc(N(CCN(C)C)CC(C)C)ccc1Cl. The molecular weight excluding hydrogens is 284 g/mol. The van der Waals surface area contributed by atoms with Crippen LogP contribution >= 0.6 is 11.6 Å². The number of hydrogen-bond donors (Lipinski definition) is 1. The Morgan fingerprint density at radius 2 is 1.95 bits per heavy atom. The molecule has 1 rings (SSSR count). The first-order valence-corrected chi connectivity index (χ1v) is 8.07. The molecule has 0 radical (unpaired) electrons. The van der Waals surface area contributed by atoms with Gasteiger partial charge < -0.3 is 15.1 Å². The average molecular weight is 313 g/mol. The minimum atomic E-state index is 0.599. The van der Waals surface area contributed by atoms with Gasteiger partial charge in [-0.05, 0) is 38.7 Å². The van der Waals surface area contributed by atoms with Gasteiger partial charge in [0.25, 0.3) is 0 Å². The fourth-order valence-electron chi connectivity index (χ4n) is 2.08. The Kier molecular flexibility index (Phi) is 8.01. The van der Waals surface area contributed by atoms with Crippen molar-refractivity contribution in [3.05, 3.63) is 22.8 Å². The molecule has 0 fully saturated rings. The topological polar surface area (TPSA) is 31.4 Å². The lowest BCUT2D eigenvalue weighted by Crippen LogP contribution is -2.35. The molecule has 1 heterocycles. The van der Waals surface area contributed by atoms with E-state index in [2.05, 4.69) is 50.0 Å². The summed E-state index contributed by atoms with van der Waals surface area (Å²) in [4.78, 5) is 9.30. The Morgan fingerprint density at radius 1 is 1.24 bits per heavy atom. The molecule has 1 aromatic rings. The van der Waals surface area contributed by atoms with Crippen molar-refractivity contribution in [2.24, 2.45) is 5.92 Å². The van der Waals surface area contributed by atoms with Crippen molar-refractivity contribution in [1.82, 2.24) is 15.2 Å². The highest BCUT2D eigenvalue weighted by Gasteiger charge is 2.12. The van der Waals surface area contributed by atoms with E-state index in [1.165, 1.54) is 0 Å². The average Bonchev–Trinajstić information content (AvgIpc) is 2.42. The second kappa shape index (κ2) is 9.23. The third-order valence-electron chi connectivity index (χ3n) is 3.17. The Morgan fingerprint density at radius 3 is 2.52 bits per heavy atom. The van der Waals surface area contributed by atoms with Crippen LogP contribution < -0.4 is 10.2 Å². The van der Waals surface area contributed by atoms with E-state index in [1.807, 2.05) is 12.1 Å². The highest BCUT2D eigenvalue weighted by Crippen LogP contribution is 2.20. The molecule has 5 heteroatoms. The van der Waals surface area contributed by atoms with E-state index >= 15 is 0 Å². The highest BCUT2D eigenvalue weighted by atomic mass is 35.5. The van der Waals surface area contributed by atoms with Gasteiger partial charge >= 0.3 is 0 Å². The highest BCUT2D eigenvalue weighted by molar-refractivity contribution is 6.31. The number of rotatable bonds is 9. The molecule has 1 aromatic heterocycles. The third-order valence-corrected chi connectivity index (χ3v) is 3.52. The minimum Gasteiger partial charge on any atom is -0.355 e. The van der Waals surface area contributed by atoms with Crippen LogP contribution in [0.1, 0.15) is 26.5 Å². The van der Waals surface area contributed by atoms with E-state index < -0.39 is 0 Å². The molecule has 0 saturated carbocycles. The van der Waals surface area contributed by atoms with Crippen LogP contribution in [0, 0.1) is 5.92 Å². The van der Waals surface area contributed by atoms with Gasteiger partial charge in [0, 0.05) is 26.2 Å². The van der Waals surface area contributed by atoms with Crippen molar-refractivity contribution in [3.63, 3.8) is 0 Å². The summed E-state index contributed by atoms with van der Waals surface area (Å²) >= 11 is 6.24. The zero-order valence-electron chi connectivity index (χ0n) is 14.0. The Hall–Kier alpha value is -0.840. The lowest BCUT2D eigenvalue weighted by atomic mass is 10.2. The van der Waals surface area contributed by atoms with Crippen molar-refractivity contribution in [2.45, 2.75) is 27.3 Å². The molecule has 1 N–H and O–H groups in total. The van der Waals surface area contributed by atoms with Gasteiger partial charge in [-0.15, -0.1) is 0 Å². The standard InChI is InChI=1S/C16H29ClN4/c1-6-18-11-15-14(17)7-8-16(19-15)21(12-13(2)3)10-9-20(4)5/h7-8,13,18H,6,9-12H2,1-5H3.